The van der Waals surface area contributed by atoms with Crippen molar-refractivity contribution in [2.24, 2.45) is 0 Å². The lowest BCUT2D eigenvalue weighted by Crippen LogP contribution is -2.45. The molecule has 10 heteroatoms. The number of piperidine rings is 1. The molecule has 3 aromatic rings. The average Bonchev–Trinajstić information content (AvgIpc) is 3.53. The molecule has 0 aliphatic carbocycles. The number of esters is 1. The first kappa shape index (κ1) is 29.7. The number of benzene rings is 2. The summed E-state index contributed by atoms with van der Waals surface area (Å²) in [5.74, 6) is 0.722. The van der Waals surface area contributed by atoms with E-state index in [0.29, 0.717) is 42.9 Å². The van der Waals surface area contributed by atoms with Gasteiger partial charge in [-0.05, 0) is 75.0 Å². The molecule has 1 amide bonds. The van der Waals surface area contributed by atoms with Crippen LogP contribution in [0.5, 0.6) is 5.75 Å². The van der Waals surface area contributed by atoms with E-state index < -0.39 is 12.7 Å². The lowest BCUT2D eigenvalue weighted by Gasteiger charge is -2.38. The van der Waals surface area contributed by atoms with Gasteiger partial charge in [-0.1, -0.05) is 36.4 Å². The summed E-state index contributed by atoms with van der Waals surface area (Å²) in [5, 5.41) is 19.2. The minimum Gasteiger partial charge on any atom is -0.492 e. The molecule has 0 radical (unpaired) electrons. The normalized spacial score (nSPS) is 15.9. The van der Waals surface area contributed by atoms with Crippen molar-refractivity contribution in [1.82, 2.24) is 4.90 Å². The second-order valence-corrected chi connectivity index (χ2v) is 13.9. The number of nitrogens with zero attached hydrogens (tertiary/aromatic N) is 1. The Kier molecular flexibility index (Phi) is 8.57. The standard InChI is InChI=1S/C31H36BNO6S2/c1-30(2,3)39-27(34)11-9-20-8-10-25-24(16-20)31(19-38-25)12-14-33(15-13-31)28(35)26-18-23(29(40-4)41-26)21-6-5-7-22(17-21)32(36)37/h5-8,10,16-18,36-37H,9,11-15,19H2,1-4H3. The van der Waals surface area contributed by atoms with Gasteiger partial charge in [-0.25, -0.2) is 0 Å². The zero-order chi connectivity index (χ0) is 29.4. The third-order valence-electron chi connectivity index (χ3n) is 7.75. The molecule has 0 unspecified atom stereocenters. The lowest BCUT2D eigenvalue weighted by molar-refractivity contribution is -0.154. The summed E-state index contributed by atoms with van der Waals surface area (Å²) in [5.41, 5.74) is 3.85. The Hall–Kier alpha value is -2.79. The first-order chi connectivity index (χ1) is 19.5. The van der Waals surface area contributed by atoms with Crippen molar-refractivity contribution in [3.05, 3.63) is 64.5 Å². The van der Waals surface area contributed by atoms with Crippen molar-refractivity contribution in [3.63, 3.8) is 0 Å². The molecule has 2 N–H and O–H groups in total. The fourth-order valence-corrected chi connectivity index (χ4v) is 7.49. The van der Waals surface area contributed by atoms with E-state index in [-0.39, 0.29) is 17.3 Å². The van der Waals surface area contributed by atoms with E-state index >= 15 is 0 Å². The van der Waals surface area contributed by atoms with Gasteiger partial charge in [0.15, 0.2) is 0 Å². The number of hydrogen-bond donors (Lipinski definition) is 2. The average molecular weight is 594 g/mol. The number of aryl methyl sites for hydroxylation is 1. The first-order valence-corrected chi connectivity index (χ1v) is 15.9. The van der Waals surface area contributed by atoms with Gasteiger partial charge in [-0.2, -0.15) is 0 Å². The van der Waals surface area contributed by atoms with Crippen LogP contribution in [-0.2, 0) is 21.4 Å². The molecule has 2 aliphatic rings. The monoisotopic (exact) mass is 593 g/mol. The van der Waals surface area contributed by atoms with Crippen molar-refractivity contribution in [2.75, 3.05) is 26.0 Å². The summed E-state index contributed by atoms with van der Waals surface area (Å²) in [6.07, 6.45) is 4.55. The summed E-state index contributed by atoms with van der Waals surface area (Å²) in [4.78, 5) is 28.5. The topological polar surface area (TPSA) is 96.3 Å². The van der Waals surface area contributed by atoms with Crippen LogP contribution in [0.15, 0.2) is 52.7 Å². The molecular weight excluding hydrogens is 557 g/mol. The maximum absolute atomic E-state index is 13.6. The number of hydrogen-bond acceptors (Lipinski definition) is 8. The zero-order valence-corrected chi connectivity index (χ0v) is 25.6. The molecule has 1 aromatic heterocycles. The van der Waals surface area contributed by atoms with Crippen LogP contribution in [0.3, 0.4) is 0 Å². The van der Waals surface area contributed by atoms with Crippen LogP contribution in [0.1, 0.15) is 60.8 Å². The zero-order valence-electron chi connectivity index (χ0n) is 23.9. The van der Waals surface area contributed by atoms with Gasteiger partial charge in [0.2, 0.25) is 0 Å². The van der Waals surface area contributed by atoms with Crippen molar-refractivity contribution in [1.29, 1.82) is 0 Å². The Morgan fingerprint density at radius 3 is 2.56 bits per heavy atom. The number of carbonyl (C=O) groups is 2. The van der Waals surface area contributed by atoms with E-state index in [9.17, 15) is 19.6 Å². The maximum Gasteiger partial charge on any atom is 0.488 e. The highest BCUT2D eigenvalue weighted by molar-refractivity contribution is 8.00. The number of fused-ring (bicyclic) bond motifs is 2. The number of thioether (sulfide) groups is 1. The van der Waals surface area contributed by atoms with Crippen LogP contribution < -0.4 is 10.2 Å². The van der Waals surface area contributed by atoms with Gasteiger partial charge in [0.25, 0.3) is 5.91 Å². The molecule has 7 nitrogen and oxygen atoms in total. The largest absolute Gasteiger partial charge is 0.492 e. The Labute approximate surface area is 250 Å². The minimum atomic E-state index is -1.54. The van der Waals surface area contributed by atoms with E-state index in [1.807, 2.05) is 56.2 Å². The highest BCUT2D eigenvalue weighted by Gasteiger charge is 2.44. The van der Waals surface area contributed by atoms with Crippen LogP contribution in [0.25, 0.3) is 11.1 Å². The SMILES string of the molecule is CSc1sc(C(=O)N2CCC3(CC2)COc2ccc(CCC(=O)OC(C)(C)C)cc23)cc1-c1cccc(B(O)O)c1. The van der Waals surface area contributed by atoms with E-state index in [2.05, 4.69) is 6.07 Å². The van der Waals surface area contributed by atoms with Gasteiger partial charge < -0.3 is 24.4 Å². The molecule has 1 saturated heterocycles. The molecule has 2 aromatic carbocycles. The lowest BCUT2D eigenvalue weighted by atomic mass is 9.74. The van der Waals surface area contributed by atoms with E-state index in [4.69, 9.17) is 9.47 Å². The van der Waals surface area contributed by atoms with Gasteiger partial charge in [-0.15, -0.1) is 23.1 Å². The Morgan fingerprint density at radius 2 is 1.88 bits per heavy atom. The molecule has 0 bridgehead atoms. The molecule has 2 aliphatic heterocycles. The second kappa shape index (κ2) is 11.8. The summed E-state index contributed by atoms with van der Waals surface area (Å²) < 4.78 is 12.6. The number of amides is 1. The van der Waals surface area contributed by atoms with Crippen molar-refractivity contribution < 1.29 is 29.1 Å². The molecule has 1 spiro atoms. The highest BCUT2D eigenvalue weighted by Crippen LogP contribution is 2.46. The molecular formula is C31H36BNO6S2. The van der Waals surface area contributed by atoms with E-state index in [0.717, 1.165) is 39.5 Å². The second-order valence-electron chi connectivity index (χ2n) is 11.8. The summed E-state index contributed by atoms with van der Waals surface area (Å²) in [7, 11) is -1.54. The number of carbonyl (C=O) groups excluding carboxylic acids is 2. The van der Waals surface area contributed by atoms with Gasteiger partial charge >= 0.3 is 13.1 Å². The quantitative estimate of drug-likeness (QED) is 0.234. The van der Waals surface area contributed by atoms with Crippen LogP contribution in [0, 0.1) is 0 Å². The van der Waals surface area contributed by atoms with Gasteiger partial charge in [0.1, 0.15) is 11.4 Å². The van der Waals surface area contributed by atoms with Crippen LogP contribution in [0.2, 0.25) is 0 Å². The summed E-state index contributed by atoms with van der Waals surface area (Å²) in [6, 6.07) is 15.3. The predicted octanol–water partition coefficient (Wildman–Crippen LogP) is 4.66. The maximum atomic E-state index is 13.6. The van der Waals surface area contributed by atoms with E-state index in [1.54, 1.807) is 30.0 Å². The first-order valence-electron chi connectivity index (χ1n) is 13.9. The van der Waals surface area contributed by atoms with Crippen molar-refractivity contribution in [3.8, 4) is 16.9 Å². The molecule has 216 valence electrons. The third kappa shape index (κ3) is 6.51. The van der Waals surface area contributed by atoms with E-state index in [1.165, 1.54) is 16.9 Å². The Bertz CT molecular complexity index is 1440. The minimum absolute atomic E-state index is 0.0231. The van der Waals surface area contributed by atoms with Crippen LogP contribution in [-0.4, -0.2) is 65.5 Å². The van der Waals surface area contributed by atoms with Crippen LogP contribution in [0.4, 0.5) is 0 Å². The highest BCUT2D eigenvalue weighted by atomic mass is 32.2. The fourth-order valence-electron chi connectivity index (χ4n) is 5.61. The number of rotatable bonds is 7. The van der Waals surface area contributed by atoms with Gasteiger partial charge in [0, 0.05) is 36.1 Å². The van der Waals surface area contributed by atoms with Crippen molar-refractivity contribution >= 4 is 47.6 Å². The number of thiophene rings is 1. The molecule has 0 atom stereocenters. The van der Waals surface area contributed by atoms with Crippen molar-refractivity contribution in [2.45, 2.75) is 61.7 Å². The van der Waals surface area contributed by atoms with Gasteiger partial charge in [-0.3, -0.25) is 9.59 Å². The molecule has 5 rings (SSSR count). The molecule has 3 heterocycles. The summed E-state index contributed by atoms with van der Waals surface area (Å²) in [6.45, 7) is 7.50. The molecule has 1 fully saturated rings. The fraction of sp³-hybridized carbons (Fsp3) is 0.419. The Morgan fingerprint density at radius 1 is 1.12 bits per heavy atom. The number of ether oxygens (including phenoxy) is 2. The molecule has 0 saturated carbocycles. The van der Waals surface area contributed by atoms with Crippen LogP contribution >= 0.6 is 23.1 Å². The number of likely N-dealkylation sites (tertiary alicyclic amines) is 1. The predicted molar refractivity (Wildman–Crippen MR) is 164 cm³/mol. The third-order valence-corrected chi connectivity index (χ3v) is 10.0. The van der Waals surface area contributed by atoms with Gasteiger partial charge in [0.05, 0.1) is 15.7 Å². The Balaban J connectivity index is 1.27. The molecule has 41 heavy (non-hydrogen) atoms. The smallest absolute Gasteiger partial charge is 0.488 e. The summed E-state index contributed by atoms with van der Waals surface area (Å²) >= 11 is 3.06.